The van der Waals surface area contributed by atoms with E-state index in [4.69, 9.17) is 0 Å². The van der Waals surface area contributed by atoms with Crippen molar-refractivity contribution in [1.29, 1.82) is 0 Å². The number of nitrogens with one attached hydrogen (secondary N) is 2. The summed E-state index contributed by atoms with van der Waals surface area (Å²) in [6.07, 6.45) is -4.41. The van der Waals surface area contributed by atoms with Crippen molar-refractivity contribution in [2.45, 2.75) is 37.8 Å². The van der Waals surface area contributed by atoms with Gasteiger partial charge in [0.1, 0.15) is 5.82 Å². The number of hydrazine groups is 2. The van der Waals surface area contributed by atoms with Gasteiger partial charge in [0, 0.05) is 30.5 Å². The van der Waals surface area contributed by atoms with Crippen molar-refractivity contribution in [2.75, 3.05) is 6.54 Å². The standard InChI is InChI=1S/C22H19F5N4O3/c23-15-3-1-2-12(8-15)17-10-22(26,27)6-7-30(17)31-11-14-5-4-13(9-16(14)21(31)34)19(32)28-29-20(33)18(24)25/h1-5,8-9,17-18H,6-7,10-11H2,(H,28,32)(H,29,33)/t17-/m0/s1. The van der Waals surface area contributed by atoms with E-state index >= 15 is 0 Å². The van der Waals surface area contributed by atoms with Gasteiger partial charge in [0.2, 0.25) is 0 Å². The van der Waals surface area contributed by atoms with E-state index < -0.39 is 54.8 Å². The lowest BCUT2D eigenvalue weighted by molar-refractivity contribution is -0.136. The summed E-state index contributed by atoms with van der Waals surface area (Å²) in [5.41, 5.74) is 4.27. The number of halogens is 5. The number of benzene rings is 2. The molecule has 0 spiro atoms. The lowest BCUT2D eigenvalue weighted by Gasteiger charge is -2.43. The van der Waals surface area contributed by atoms with Crippen LogP contribution in [0.2, 0.25) is 0 Å². The van der Waals surface area contributed by atoms with Crippen LogP contribution in [0.15, 0.2) is 42.5 Å². The minimum Gasteiger partial charge on any atom is -0.268 e. The minimum atomic E-state index is -3.32. The maximum absolute atomic E-state index is 14.2. The summed E-state index contributed by atoms with van der Waals surface area (Å²) in [5.74, 6) is -6.73. The van der Waals surface area contributed by atoms with Crippen LogP contribution in [-0.4, -0.2) is 46.6 Å². The van der Waals surface area contributed by atoms with Crippen LogP contribution in [0.25, 0.3) is 0 Å². The van der Waals surface area contributed by atoms with E-state index in [9.17, 15) is 36.3 Å². The molecule has 3 amide bonds. The monoisotopic (exact) mass is 482 g/mol. The first-order chi connectivity index (χ1) is 16.1. The second-order valence-corrected chi connectivity index (χ2v) is 8.02. The number of amides is 3. The van der Waals surface area contributed by atoms with Gasteiger partial charge >= 0.3 is 12.3 Å². The van der Waals surface area contributed by atoms with E-state index in [0.29, 0.717) is 11.1 Å². The van der Waals surface area contributed by atoms with Crippen LogP contribution in [0.4, 0.5) is 22.0 Å². The largest absolute Gasteiger partial charge is 0.317 e. The highest BCUT2D eigenvalue weighted by Crippen LogP contribution is 2.42. The zero-order valence-electron chi connectivity index (χ0n) is 17.5. The average molecular weight is 482 g/mol. The van der Waals surface area contributed by atoms with Crippen LogP contribution in [0.3, 0.4) is 0 Å². The van der Waals surface area contributed by atoms with E-state index in [1.165, 1.54) is 46.4 Å². The van der Waals surface area contributed by atoms with Crippen LogP contribution in [0, 0.1) is 5.82 Å². The number of alkyl halides is 4. The Labute approximate surface area is 190 Å². The zero-order valence-corrected chi connectivity index (χ0v) is 17.5. The number of hydrogen-bond acceptors (Lipinski definition) is 4. The van der Waals surface area contributed by atoms with E-state index in [2.05, 4.69) is 0 Å². The smallest absolute Gasteiger partial charge is 0.268 e. The van der Waals surface area contributed by atoms with Gasteiger partial charge in [-0.15, -0.1) is 0 Å². The molecular formula is C22H19F5N4O3. The Morgan fingerprint density at radius 1 is 1.09 bits per heavy atom. The molecule has 0 unspecified atom stereocenters. The molecule has 1 fully saturated rings. The van der Waals surface area contributed by atoms with Crippen molar-refractivity contribution >= 4 is 17.7 Å². The first-order valence-electron chi connectivity index (χ1n) is 10.3. The lowest BCUT2D eigenvalue weighted by Crippen LogP contribution is -2.51. The summed E-state index contributed by atoms with van der Waals surface area (Å²) in [6.45, 7) is -0.101. The van der Waals surface area contributed by atoms with Crippen molar-refractivity contribution in [2.24, 2.45) is 0 Å². The van der Waals surface area contributed by atoms with Crippen molar-refractivity contribution < 1.29 is 36.3 Å². The number of piperidine rings is 1. The Bertz CT molecular complexity index is 1140. The lowest BCUT2D eigenvalue weighted by atomic mass is 9.94. The summed E-state index contributed by atoms with van der Waals surface area (Å²) < 4.78 is 66.8. The number of rotatable bonds is 4. The third-order valence-electron chi connectivity index (χ3n) is 5.76. The summed E-state index contributed by atoms with van der Waals surface area (Å²) in [7, 11) is 0. The first kappa shape index (κ1) is 23.6. The van der Waals surface area contributed by atoms with Crippen molar-refractivity contribution in [3.63, 3.8) is 0 Å². The van der Waals surface area contributed by atoms with Crippen molar-refractivity contribution in [1.82, 2.24) is 20.9 Å². The average Bonchev–Trinajstić information content (AvgIpc) is 3.12. The number of carbonyl (C=O) groups is 3. The number of nitrogens with zero attached hydrogens (tertiary/aromatic N) is 2. The Morgan fingerprint density at radius 3 is 2.56 bits per heavy atom. The SMILES string of the molecule is O=C(NNC(=O)C(F)F)c1ccc2c(c1)C(=O)N(N1CCC(F)(F)C[C@H]1c1cccc(F)c1)C2. The van der Waals surface area contributed by atoms with E-state index in [-0.39, 0.29) is 24.2 Å². The molecule has 1 atom stereocenters. The van der Waals surface area contributed by atoms with Crippen LogP contribution >= 0.6 is 0 Å². The topological polar surface area (TPSA) is 81.8 Å². The summed E-state index contributed by atoms with van der Waals surface area (Å²) in [6, 6.07) is 8.38. The molecule has 180 valence electrons. The molecule has 1 saturated heterocycles. The highest BCUT2D eigenvalue weighted by Gasteiger charge is 2.45. The number of hydrogen-bond donors (Lipinski definition) is 2. The Hall–Kier alpha value is -3.54. The molecule has 12 heteroatoms. The van der Waals surface area contributed by atoms with Gasteiger partial charge in [-0.1, -0.05) is 18.2 Å². The van der Waals surface area contributed by atoms with Gasteiger partial charge in [0.25, 0.3) is 17.7 Å². The normalized spacial score (nSPS) is 19.8. The predicted octanol–water partition coefficient (Wildman–Crippen LogP) is 3.20. The fraction of sp³-hybridized carbons (Fsp3) is 0.318. The van der Waals surface area contributed by atoms with Gasteiger partial charge < -0.3 is 0 Å². The Balaban J connectivity index is 1.56. The van der Waals surface area contributed by atoms with E-state index in [0.717, 1.165) is 6.07 Å². The molecular weight excluding hydrogens is 463 g/mol. The molecule has 2 aromatic rings. The molecule has 2 N–H and O–H groups in total. The van der Waals surface area contributed by atoms with Gasteiger partial charge in [-0.05, 0) is 35.4 Å². The van der Waals surface area contributed by atoms with E-state index in [1.54, 1.807) is 5.43 Å². The predicted molar refractivity (Wildman–Crippen MR) is 108 cm³/mol. The molecule has 0 radical (unpaired) electrons. The minimum absolute atomic E-state index is 0.0512. The second kappa shape index (κ2) is 9.01. The summed E-state index contributed by atoms with van der Waals surface area (Å²) in [4.78, 5) is 36.3. The molecule has 0 aliphatic carbocycles. The molecule has 2 aromatic carbocycles. The van der Waals surface area contributed by atoms with Gasteiger partial charge in [0.05, 0.1) is 12.6 Å². The van der Waals surface area contributed by atoms with Gasteiger partial charge in [-0.25, -0.2) is 18.2 Å². The summed E-state index contributed by atoms with van der Waals surface area (Å²) >= 11 is 0. The fourth-order valence-corrected chi connectivity index (χ4v) is 4.10. The second-order valence-electron chi connectivity index (χ2n) is 8.02. The maximum Gasteiger partial charge on any atom is 0.317 e. The maximum atomic E-state index is 14.2. The molecule has 0 saturated carbocycles. The fourth-order valence-electron chi connectivity index (χ4n) is 4.10. The van der Waals surface area contributed by atoms with Crippen LogP contribution in [0.1, 0.15) is 50.7 Å². The van der Waals surface area contributed by atoms with Crippen LogP contribution < -0.4 is 10.9 Å². The van der Waals surface area contributed by atoms with E-state index in [1.807, 2.05) is 5.43 Å². The van der Waals surface area contributed by atoms with Crippen molar-refractivity contribution in [3.8, 4) is 0 Å². The molecule has 0 bridgehead atoms. The first-order valence-corrected chi connectivity index (χ1v) is 10.3. The molecule has 7 nitrogen and oxygen atoms in total. The highest BCUT2D eigenvalue weighted by atomic mass is 19.3. The molecule has 2 heterocycles. The van der Waals surface area contributed by atoms with Gasteiger partial charge in [0.15, 0.2) is 0 Å². The molecule has 0 aromatic heterocycles. The third kappa shape index (κ3) is 4.72. The van der Waals surface area contributed by atoms with Gasteiger partial charge in [-0.2, -0.15) is 8.78 Å². The Kier molecular flexibility index (Phi) is 6.26. The number of fused-ring (bicyclic) bond motifs is 1. The molecule has 2 aliphatic heterocycles. The third-order valence-corrected chi connectivity index (χ3v) is 5.76. The molecule has 2 aliphatic rings. The Morgan fingerprint density at radius 2 is 1.85 bits per heavy atom. The van der Waals surface area contributed by atoms with Crippen LogP contribution in [0.5, 0.6) is 0 Å². The quantitative estimate of drug-likeness (QED) is 0.518. The highest BCUT2D eigenvalue weighted by molar-refractivity contribution is 6.02. The molecule has 34 heavy (non-hydrogen) atoms. The number of carbonyl (C=O) groups excluding carboxylic acids is 3. The van der Waals surface area contributed by atoms with Gasteiger partial charge in [-0.3, -0.25) is 30.2 Å². The molecule has 4 rings (SSSR count). The van der Waals surface area contributed by atoms with Crippen LogP contribution in [-0.2, 0) is 11.3 Å². The summed E-state index contributed by atoms with van der Waals surface area (Å²) in [5, 5.41) is 2.77. The zero-order chi connectivity index (χ0) is 24.6. The van der Waals surface area contributed by atoms with Crippen molar-refractivity contribution in [3.05, 3.63) is 70.5 Å².